The second kappa shape index (κ2) is 7.75. The summed E-state index contributed by atoms with van der Waals surface area (Å²) in [5.41, 5.74) is 5.57. The van der Waals surface area contributed by atoms with E-state index in [1.807, 2.05) is 0 Å². The lowest BCUT2D eigenvalue weighted by Crippen LogP contribution is -2.41. The second-order valence-corrected chi connectivity index (χ2v) is 5.13. The molecule has 8 heteroatoms. The van der Waals surface area contributed by atoms with E-state index in [1.54, 1.807) is 36.4 Å². The first kappa shape index (κ1) is 16.9. The minimum Gasteiger partial charge on any atom is -0.459 e. The molecule has 0 radical (unpaired) electrons. The summed E-state index contributed by atoms with van der Waals surface area (Å²) in [6.45, 7) is 0. The largest absolute Gasteiger partial charge is 0.459 e. The fourth-order valence-electron chi connectivity index (χ4n) is 2.05. The molecule has 0 bridgehead atoms. The van der Waals surface area contributed by atoms with Gasteiger partial charge in [0.05, 0.1) is 6.26 Å². The van der Waals surface area contributed by atoms with E-state index >= 15 is 0 Å². The van der Waals surface area contributed by atoms with Gasteiger partial charge in [0.25, 0.3) is 17.7 Å². The van der Waals surface area contributed by atoms with Crippen LogP contribution in [0.3, 0.4) is 0 Å². The van der Waals surface area contributed by atoms with Crippen LogP contribution in [0.5, 0.6) is 0 Å². The highest BCUT2D eigenvalue weighted by Crippen LogP contribution is 2.11. The molecule has 3 aromatic rings. The highest BCUT2D eigenvalue weighted by molar-refractivity contribution is 6.03. The summed E-state index contributed by atoms with van der Waals surface area (Å²) in [5.74, 6) is -1.24. The van der Waals surface area contributed by atoms with E-state index in [2.05, 4.69) is 21.2 Å². The van der Waals surface area contributed by atoms with Gasteiger partial charge < -0.3 is 9.73 Å². The summed E-state index contributed by atoms with van der Waals surface area (Å²) in [5, 5.41) is 2.64. The van der Waals surface area contributed by atoms with E-state index in [0.717, 1.165) is 0 Å². The lowest BCUT2D eigenvalue weighted by molar-refractivity contribution is 0.0844. The number of anilines is 1. The number of aromatic nitrogens is 1. The first-order chi connectivity index (χ1) is 12.6. The molecule has 8 nitrogen and oxygen atoms in total. The summed E-state index contributed by atoms with van der Waals surface area (Å²) in [6.07, 6.45) is 2.88. The number of amides is 3. The van der Waals surface area contributed by atoms with Crippen molar-refractivity contribution in [3.63, 3.8) is 0 Å². The standard InChI is InChI=1S/C18H14N4O4/c23-16(21-22-17(24)14-4-1-2-10-19-14)12-6-8-13(9-7-12)20-18(25)15-5-3-11-26-15/h1-11H,(H,20,25)(H,21,23)(H,22,24). The maximum atomic E-state index is 12.1. The number of carbonyl (C=O) groups is 3. The van der Waals surface area contributed by atoms with E-state index in [4.69, 9.17) is 4.42 Å². The lowest BCUT2D eigenvalue weighted by atomic mass is 10.2. The molecule has 0 aliphatic heterocycles. The van der Waals surface area contributed by atoms with Crippen molar-refractivity contribution in [1.29, 1.82) is 0 Å². The average molecular weight is 350 g/mol. The maximum Gasteiger partial charge on any atom is 0.291 e. The Morgan fingerprint density at radius 2 is 1.58 bits per heavy atom. The van der Waals surface area contributed by atoms with Crippen LogP contribution in [-0.2, 0) is 0 Å². The molecule has 0 saturated carbocycles. The molecule has 0 unspecified atom stereocenters. The average Bonchev–Trinajstić information content (AvgIpc) is 3.22. The van der Waals surface area contributed by atoms with Gasteiger partial charge in [0.1, 0.15) is 5.69 Å². The topological polar surface area (TPSA) is 113 Å². The Kier molecular flexibility index (Phi) is 5.04. The number of hydrazine groups is 1. The number of nitrogens with zero attached hydrogens (tertiary/aromatic N) is 1. The Morgan fingerprint density at radius 1 is 0.808 bits per heavy atom. The van der Waals surface area contributed by atoms with E-state index < -0.39 is 17.7 Å². The van der Waals surface area contributed by atoms with Crippen LogP contribution in [0.25, 0.3) is 0 Å². The van der Waals surface area contributed by atoms with Crippen LogP contribution in [0.1, 0.15) is 31.4 Å². The number of nitrogens with one attached hydrogen (secondary N) is 3. The van der Waals surface area contributed by atoms with Crippen molar-refractivity contribution in [3.8, 4) is 0 Å². The molecule has 3 N–H and O–H groups in total. The van der Waals surface area contributed by atoms with Crippen LogP contribution >= 0.6 is 0 Å². The van der Waals surface area contributed by atoms with Crippen molar-refractivity contribution in [2.75, 3.05) is 5.32 Å². The quantitative estimate of drug-likeness (QED) is 0.623. The van der Waals surface area contributed by atoms with Crippen LogP contribution in [-0.4, -0.2) is 22.7 Å². The molecular formula is C18H14N4O4. The van der Waals surface area contributed by atoms with Gasteiger partial charge in [-0.15, -0.1) is 0 Å². The van der Waals surface area contributed by atoms with Crippen LogP contribution < -0.4 is 16.2 Å². The summed E-state index contributed by atoms with van der Waals surface area (Å²) in [6, 6.07) is 14.2. The summed E-state index contributed by atoms with van der Waals surface area (Å²) in [7, 11) is 0. The first-order valence-corrected chi connectivity index (χ1v) is 7.60. The molecule has 0 saturated heterocycles. The van der Waals surface area contributed by atoms with Gasteiger partial charge in [-0.1, -0.05) is 6.07 Å². The van der Waals surface area contributed by atoms with Crippen molar-refractivity contribution in [2.24, 2.45) is 0 Å². The van der Waals surface area contributed by atoms with E-state index in [-0.39, 0.29) is 11.5 Å². The van der Waals surface area contributed by atoms with Crippen molar-refractivity contribution in [2.45, 2.75) is 0 Å². The van der Waals surface area contributed by atoms with Crippen LogP contribution in [0.2, 0.25) is 0 Å². The molecule has 3 rings (SSSR count). The number of carbonyl (C=O) groups excluding carboxylic acids is 3. The van der Waals surface area contributed by atoms with Crippen molar-refractivity contribution in [3.05, 3.63) is 84.1 Å². The Morgan fingerprint density at radius 3 is 2.23 bits per heavy atom. The maximum absolute atomic E-state index is 12.1. The molecule has 26 heavy (non-hydrogen) atoms. The van der Waals surface area contributed by atoms with Crippen molar-refractivity contribution < 1.29 is 18.8 Å². The number of benzene rings is 1. The van der Waals surface area contributed by atoms with Crippen LogP contribution in [0, 0.1) is 0 Å². The van der Waals surface area contributed by atoms with Gasteiger partial charge in [-0.2, -0.15) is 0 Å². The van der Waals surface area contributed by atoms with Gasteiger partial charge in [0, 0.05) is 17.4 Å². The molecule has 1 aromatic carbocycles. The van der Waals surface area contributed by atoms with Gasteiger partial charge in [-0.25, -0.2) is 0 Å². The van der Waals surface area contributed by atoms with E-state index in [9.17, 15) is 14.4 Å². The van der Waals surface area contributed by atoms with E-state index in [0.29, 0.717) is 11.3 Å². The Hall–Kier alpha value is -3.94. The van der Waals surface area contributed by atoms with Gasteiger partial charge in [-0.3, -0.25) is 30.2 Å². The number of hydrogen-bond acceptors (Lipinski definition) is 5. The van der Waals surface area contributed by atoms with Gasteiger partial charge in [-0.05, 0) is 48.5 Å². The minimum atomic E-state index is -0.527. The van der Waals surface area contributed by atoms with Gasteiger partial charge >= 0.3 is 0 Å². The SMILES string of the molecule is O=C(NNC(=O)c1ccccn1)c1ccc(NC(=O)c2ccco2)cc1. The predicted molar refractivity (Wildman–Crippen MR) is 92.3 cm³/mol. The molecule has 3 amide bonds. The molecule has 0 spiro atoms. The number of rotatable bonds is 4. The summed E-state index contributed by atoms with van der Waals surface area (Å²) < 4.78 is 5.00. The zero-order chi connectivity index (χ0) is 18.4. The second-order valence-electron chi connectivity index (χ2n) is 5.13. The highest BCUT2D eigenvalue weighted by atomic mass is 16.3. The summed E-state index contributed by atoms with van der Waals surface area (Å²) >= 11 is 0. The number of hydrogen-bond donors (Lipinski definition) is 3. The molecular weight excluding hydrogens is 336 g/mol. The molecule has 0 aliphatic rings. The third-order valence-electron chi connectivity index (χ3n) is 3.34. The zero-order valence-corrected chi connectivity index (χ0v) is 13.4. The molecule has 2 heterocycles. The highest BCUT2D eigenvalue weighted by Gasteiger charge is 2.11. The zero-order valence-electron chi connectivity index (χ0n) is 13.4. The van der Waals surface area contributed by atoms with E-state index in [1.165, 1.54) is 30.7 Å². The smallest absolute Gasteiger partial charge is 0.291 e. The Bertz CT molecular complexity index is 906. The van der Waals surface area contributed by atoms with Gasteiger partial charge in [0.15, 0.2) is 5.76 Å². The third kappa shape index (κ3) is 4.12. The summed E-state index contributed by atoms with van der Waals surface area (Å²) in [4.78, 5) is 39.6. The third-order valence-corrected chi connectivity index (χ3v) is 3.34. The number of pyridine rings is 1. The first-order valence-electron chi connectivity index (χ1n) is 7.60. The molecule has 2 aromatic heterocycles. The molecule has 130 valence electrons. The lowest BCUT2D eigenvalue weighted by Gasteiger charge is -2.08. The number of furan rings is 1. The van der Waals surface area contributed by atoms with Crippen LogP contribution in [0.4, 0.5) is 5.69 Å². The molecule has 0 aliphatic carbocycles. The fourth-order valence-corrected chi connectivity index (χ4v) is 2.05. The minimum absolute atomic E-state index is 0.184. The van der Waals surface area contributed by atoms with Gasteiger partial charge in [0.2, 0.25) is 0 Å². The fraction of sp³-hybridized carbons (Fsp3) is 0. The predicted octanol–water partition coefficient (Wildman–Crippen LogP) is 2.00. The molecule has 0 fully saturated rings. The Balaban J connectivity index is 1.55. The van der Waals surface area contributed by atoms with Crippen molar-refractivity contribution in [1.82, 2.24) is 15.8 Å². The van der Waals surface area contributed by atoms with Crippen molar-refractivity contribution >= 4 is 23.4 Å². The van der Waals surface area contributed by atoms with Crippen LogP contribution in [0.15, 0.2) is 71.5 Å². The molecule has 0 atom stereocenters. The normalized spacial score (nSPS) is 10.0. The Labute approximate surface area is 148 Å². The monoisotopic (exact) mass is 350 g/mol.